The molecule has 5 N–H and O–H groups in total. The van der Waals surface area contributed by atoms with E-state index in [0.717, 1.165) is 12.1 Å². The molecule has 0 radical (unpaired) electrons. The van der Waals surface area contributed by atoms with E-state index in [1.807, 2.05) is 25.1 Å². The lowest BCUT2D eigenvalue weighted by Gasteiger charge is -2.52. The Kier molecular flexibility index (Phi) is 7.96. The fourth-order valence-electron chi connectivity index (χ4n) is 6.93. The third-order valence-electron chi connectivity index (χ3n) is 8.97. The number of benzene rings is 1. The fourth-order valence-corrected chi connectivity index (χ4v) is 6.93. The number of amides is 1. The first kappa shape index (κ1) is 30.8. The molecule has 3 aliphatic carbocycles. The Hall–Kier alpha value is -3.15. The van der Waals surface area contributed by atoms with Crippen LogP contribution in [0.1, 0.15) is 55.1 Å². The highest BCUT2D eigenvalue weighted by molar-refractivity contribution is 6.32. The number of anilines is 1. The molecule has 2 fully saturated rings. The van der Waals surface area contributed by atoms with E-state index in [1.54, 1.807) is 14.1 Å². The normalized spacial score (nSPS) is 29.7. The van der Waals surface area contributed by atoms with E-state index in [1.165, 1.54) is 4.90 Å². The average molecular weight is 571 g/mol. The lowest BCUT2D eigenvalue weighted by Crippen LogP contribution is -2.74. The first-order valence-corrected chi connectivity index (χ1v) is 14.0. The predicted octanol–water partition coefficient (Wildman–Crippen LogP) is 0.459. The molecular formula is C30H42N4O7. The van der Waals surface area contributed by atoms with Crippen molar-refractivity contribution in [2.75, 3.05) is 39.6 Å². The van der Waals surface area contributed by atoms with Crippen molar-refractivity contribution in [3.05, 3.63) is 22.8 Å². The summed E-state index contributed by atoms with van der Waals surface area (Å²) >= 11 is 0. The van der Waals surface area contributed by atoms with E-state index in [-0.39, 0.29) is 29.6 Å². The number of hydrogen-bond donors (Lipinski definition) is 4. The Morgan fingerprint density at radius 2 is 1.76 bits per heavy atom. The van der Waals surface area contributed by atoms with Crippen LogP contribution in [-0.4, -0.2) is 90.5 Å². The fraction of sp³-hybridized carbons (Fsp3) is 0.633. The van der Waals surface area contributed by atoms with Crippen LogP contribution in [0.15, 0.2) is 6.07 Å². The van der Waals surface area contributed by atoms with Crippen LogP contribution in [0.4, 0.5) is 5.69 Å². The molecule has 0 aliphatic heterocycles. The number of hydrogen-bond acceptors (Lipinski definition) is 10. The van der Waals surface area contributed by atoms with Gasteiger partial charge in [0.2, 0.25) is 5.91 Å². The quantitative estimate of drug-likeness (QED) is 0.267. The number of likely N-dealkylation sites (N-methyl/N-ethyl adjacent to an activating group) is 1. The maximum absolute atomic E-state index is 14.1. The number of aliphatic hydroxyl groups is 1. The van der Waals surface area contributed by atoms with E-state index in [9.17, 15) is 34.2 Å². The van der Waals surface area contributed by atoms with E-state index in [2.05, 4.69) is 26.1 Å². The molecule has 0 saturated heterocycles. The van der Waals surface area contributed by atoms with Crippen molar-refractivity contribution < 1.29 is 34.2 Å². The highest BCUT2D eigenvalue weighted by Crippen LogP contribution is 2.52. The first-order valence-electron chi connectivity index (χ1n) is 14.0. The molecular weight excluding hydrogens is 528 g/mol. The lowest BCUT2D eigenvalue weighted by molar-refractivity contribution is -0.181. The van der Waals surface area contributed by atoms with E-state index >= 15 is 0 Å². The van der Waals surface area contributed by atoms with Gasteiger partial charge in [-0.15, -0.1) is 0 Å². The summed E-state index contributed by atoms with van der Waals surface area (Å²) in [5, 5.41) is 26.4. The second-order valence-corrected chi connectivity index (χ2v) is 13.4. The number of fused-ring (bicyclic) bond motifs is 3. The summed E-state index contributed by atoms with van der Waals surface area (Å²) < 4.78 is 0. The lowest BCUT2D eigenvalue weighted by atomic mass is 9.52. The van der Waals surface area contributed by atoms with Gasteiger partial charge in [0.05, 0.1) is 17.5 Å². The minimum absolute atomic E-state index is 0.00965. The number of carbonyl (C=O) groups excluding carboxylic acids is 5. The summed E-state index contributed by atoms with van der Waals surface area (Å²) in [5.41, 5.74) is 4.57. The van der Waals surface area contributed by atoms with Gasteiger partial charge in [-0.2, -0.15) is 0 Å². The molecule has 1 aromatic rings. The summed E-state index contributed by atoms with van der Waals surface area (Å²) in [7, 11) is 6.78. The Bertz CT molecular complexity index is 1310. The van der Waals surface area contributed by atoms with Crippen molar-refractivity contribution in [1.82, 2.24) is 10.2 Å². The number of aromatic hydroxyl groups is 1. The van der Waals surface area contributed by atoms with E-state index < -0.39 is 64.4 Å². The van der Waals surface area contributed by atoms with Crippen LogP contribution < -0.4 is 16.0 Å². The number of ketones is 4. The number of nitrogens with zero attached hydrogens (tertiary/aromatic N) is 2. The van der Waals surface area contributed by atoms with Crippen molar-refractivity contribution >= 4 is 34.7 Å². The Balaban J connectivity index is 1.79. The van der Waals surface area contributed by atoms with Gasteiger partial charge in [-0.25, -0.2) is 0 Å². The molecule has 1 amide bonds. The van der Waals surface area contributed by atoms with Crippen LogP contribution in [0, 0.1) is 29.1 Å². The molecule has 6 atom stereocenters. The summed E-state index contributed by atoms with van der Waals surface area (Å²) in [6.07, 6.45) is 1.14. The minimum Gasteiger partial charge on any atom is -0.507 e. The van der Waals surface area contributed by atoms with Crippen LogP contribution in [0.25, 0.3) is 0 Å². The molecule has 11 heteroatoms. The third-order valence-corrected chi connectivity index (χ3v) is 8.97. The maximum atomic E-state index is 14.1. The van der Waals surface area contributed by atoms with Gasteiger partial charge in [-0.3, -0.25) is 28.9 Å². The van der Waals surface area contributed by atoms with Gasteiger partial charge in [0.15, 0.2) is 34.7 Å². The zero-order valence-electron chi connectivity index (χ0n) is 24.9. The van der Waals surface area contributed by atoms with Crippen molar-refractivity contribution in [3.63, 3.8) is 0 Å². The van der Waals surface area contributed by atoms with Crippen LogP contribution in [0.3, 0.4) is 0 Å². The molecule has 3 aliphatic rings. The summed E-state index contributed by atoms with van der Waals surface area (Å²) in [6.45, 7) is 7.37. The number of carbonyl (C=O) groups is 5. The molecule has 2 saturated carbocycles. The van der Waals surface area contributed by atoms with Crippen molar-refractivity contribution in [2.45, 2.75) is 58.2 Å². The Morgan fingerprint density at radius 3 is 2.29 bits per heavy atom. The highest BCUT2D eigenvalue weighted by atomic mass is 16.3. The van der Waals surface area contributed by atoms with Gasteiger partial charge in [0.25, 0.3) is 0 Å². The van der Waals surface area contributed by atoms with Crippen LogP contribution in [0.2, 0.25) is 0 Å². The maximum Gasteiger partial charge on any atom is 0.235 e. The van der Waals surface area contributed by atoms with Crippen molar-refractivity contribution in [2.24, 2.45) is 34.8 Å². The third kappa shape index (κ3) is 4.97. The topological polar surface area (TPSA) is 170 Å². The molecule has 0 aromatic heterocycles. The predicted molar refractivity (Wildman–Crippen MR) is 151 cm³/mol. The smallest absolute Gasteiger partial charge is 0.235 e. The van der Waals surface area contributed by atoms with Crippen molar-refractivity contribution in [3.8, 4) is 5.75 Å². The van der Waals surface area contributed by atoms with Gasteiger partial charge in [0.1, 0.15) is 5.75 Å². The number of nitrogens with two attached hydrogens (primary N) is 1. The number of phenolic OH excluding ortho intramolecular Hbond substituents is 1. The SMILES string of the molecule is CN(C)c1cc(CNCCC(C)(C)C)c(O)c2c1C[C@@H]1C[C@@H]3C(N(C)C)C(=O)C(C(N)=O)C(=O)[C@]3(O)C(=O)C1C2=O. The van der Waals surface area contributed by atoms with Gasteiger partial charge in [-0.1, -0.05) is 20.8 Å². The highest BCUT2D eigenvalue weighted by Gasteiger charge is 2.69. The second kappa shape index (κ2) is 10.6. The molecule has 0 bridgehead atoms. The summed E-state index contributed by atoms with van der Waals surface area (Å²) in [6, 6.07) is 0.709. The molecule has 0 spiro atoms. The van der Waals surface area contributed by atoms with Gasteiger partial charge in [-0.05, 0) is 62.9 Å². The summed E-state index contributed by atoms with van der Waals surface area (Å²) in [5.74, 6) is -10.4. The molecule has 3 unspecified atom stereocenters. The number of primary amides is 1. The number of rotatable bonds is 7. The largest absolute Gasteiger partial charge is 0.507 e. The van der Waals surface area contributed by atoms with Gasteiger partial charge >= 0.3 is 0 Å². The van der Waals surface area contributed by atoms with Crippen LogP contribution >= 0.6 is 0 Å². The number of Topliss-reactive ketones (excluding diaryl/α,β-unsaturated/α-hetero) is 4. The standard InChI is InChI=1S/C30H42N4O7/c1-29(2,3)8-9-32-13-15-12-18(33(4)5)16-10-14-11-17-22(34(6)7)25(37)21(28(31)40)27(39)30(17,41)26(38)19(14)24(36)20(16)23(15)35/h12,14,17,19,21-22,32,35,41H,8-11,13H2,1-7H3,(H2,31,40)/t14-,17-,19?,21?,22?,30-/m1/s1. The zero-order chi connectivity index (χ0) is 30.8. The van der Waals surface area contributed by atoms with Crippen molar-refractivity contribution in [1.29, 1.82) is 0 Å². The van der Waals surface area contributed by atoms with Gasteiger partial charge < -0.3 is 26.2 Å². The van der Waals surface area contributed by atoms with Gasteiger partial charge in [0, 0.05) is 37.8 Å². The van der Waals surface area contributed by atoms with Crippen LogP contribution in [0.5, 0.6) is 5.75 Å². The molecule has 1 aromatic carbocycles. The molecule has 0 heterocycles. The van der Waals surface area contributed by atoms with E-state index in [0.29, 0.717) is 24.2 Å². The molecule has 11 nitrogen and oxygen atoms in total. The average Bonchev–Trinajstić information content (AvgIpc) is 2.83. The Morgan fingerprint density at radius 1 is 1.12 bits per heavy atom. The van der Waals surface area contributed by atoms with Crippen LogP contribution in [-0.2, 0) is 32.1 Å². The zero-order valence-corrected chi connectivity index (χ0v) is 24.9. The molecule has 41 heavy (non-hydrogen) atoms. The summed E-state index contributed by atoms with van der Waals surface area (Å²) in [4.78, 5) is 70.3. The molecule has 4 rings (SSSR count). The second-order valence-electron chi connectivity index (χ2n) is 13.4. The molecule has 224 valence electrons. The van der Waals surface area contributed by atoms with E-state index in [4.69, 9.17) is 5.73 Å². The number of nitrogens with one attached hydrogen (secondary N) is 1. The first-order chi connectivity index (χ1) is 18.9. The number of phenols is 1. The monoisotopic (exact) mass is 570 g/mol. The minimum atomic E-state index is -2.73. The Labute approximate surface area is 240 Å².